The molecule has 0 spiro atoms. The van der Waals surface area contributed by atoms with Gasteiger partial charge in [0.1, 0.15) is 66.1 Å². The number of carbonyl (C=O) groups excluding carboxylic acids is 4. The van der Waals surface area contributed by atoms with Gasteiger partial charge in [-0.2, -0.15) is 4.89 Å². The molecule has 0 bridgehead atoms. The number of nitrogens with one attached hydrogen (secondary N) is 1. The second-order valence-corrected chi connectivity index (χ2v) is 8.50. The molecule has 0 atom stereocenters. The van der Waals surface area contributed by atoms with Crippen molar-refractivity contribution in [3.63, 3.8) is 0 Å². The highest BCUT2D eigenvalue weighted by atomic mass is 17.2. The van der Waals surface area contributed by atoms with E-state index in [9.17, 15) is 19.2 Å². The van der Waals surface area contributed by atoms with Crippen molar-refractivity contribution in [1.29, 1.82) is 0 Å². The minimum atomic E-state index is -1.89. The number of nitrogens with zero attached hydrogens (tertiary/aromatic N) is 1. The molecule has 18 nitrogen and oxygen atoms in total. The number of aliphatic imine (C=N–C) groups is 1. The first-order valence-electron chi connectivity index (χ1n) is 13.4. The van der Waals surface area contributed by atoms with Gasteiger partial charge in [-0.3, -0.25) is 0 Å². The van der Waals surface area contributed by atoms with Crippen molar-refractivity contribution < 1.29 is 77.2 Å². The molecule has 0 aliphatic heterocycles. The molecule has 1 N–H and O–H groups in total. The molecule has 0 saturated heterocycles. The van der Waals surface area contributed by atoms with E-state index in [2.05, 4.69) is 49.8 Å². The number of rotatable bonds is 30. The van der Waals surface area contributed by atoms with Crippen molar-refractivity contribution in [1.82, 2.24) is 5.32 Å². The van der Waals surface area contributed by atoms with E-state index in [4.69, 9.17) is 58.0 Å². The smallest absolute Gasteiger partial charge is 0.409 e. The summed E-state index contributed by atoms with van der Waals surface area (Å²) in [5, 5.41) is 2.31. The molecule has 0 saturated carbocycles. The van der Waals surface area contributed by atoms with Crippen LogP contribution in [0.15, 0.2) is 80.9 Å². The summed E-state index contributed by atoms with van der Waals surface area (Å²) in [6, 6.07) is 0. The number of alkyl carbamates (subject to hydrolysis) is 1. The molecule has 1 amide bonds. The Balaban J connectivity index is 5.55. The van der Waals surface area contributed by atoms with Crippen LogP contribution in [0.1, 0.15) is 0 Å². The largest absolute Gasteiger partial charge is 0.459 e. The lowest BCUT2D eigenvalue weighted by Crippen LogP contribution is -2.50. The van der Waals surface area contributed by atoms with Crippen LogP contribution in [0, 0.1) is 0 Å². The molecule has 0 aliphatic carbocycles. The Morgan fingerprint density at radius 1 is 0.574 bits per heavy atom. The predicted molar refractivity (Wildman–Crippen MR) is 160 cm³/mol. The Morgan fingerprint density at radius 3 is 1.34 bits per heavy atom. The highest BCUT2D eigenvalue weighted by Gasteiger charge is 2.40. The molecule has 0 aromatic heterocycles. The number of hydrogen-bond acceptors (Lipinski definition) is 17. The summed E-state index contributed by atoms with van der Waals surface area (Å²) in [4.78, 5) is 91.8. The minimum absolute atomic E-state index is 0.0199. The van der Waals surface area contributed by atoms with E-state index in [0.29, 0.717) is 0 Å². The van der Waals surface area contributed by atoms with Gasteiger partial charge in [-0.25, -0.2) is 53.5 Å². The maximum atomic E-state index is 12.7. The number of esters is 3. The zero-order valence-electron chi connectivity index (χ0n) is 25.8. The monoisotopic (exact) mass is 672 g/mol. The van der Waals surface area contributed by atoms with Gasteiger partial charge in [0.15, 0.2) is 5.60 Å². The fraction of sp³-hybridized carbons (Fsp3) is 0.414. The molecule has 0 fully saturated rings. The fourth-order valence-corrected chi connectivity index (χ4v) is 2.47. The van der Waals surface area contributed by atoms with Crippen LogP contribution in [0.5, 0.6) is 0 Å². The van der Waals surface area contributed by atoms with Crippen LogP contribution >= 0.6 is 0 Å². The normalized spacial score (nSPS) is 11.1. The van der Waals surface area contributed by atoms with Crippen LogP contribution in [0.3, 0.4) is 0 Å². The van der Waals surface area contributed by atoms with Crippen LogP contribution < -0.4 is 5.32 Å². The van der Waals surface area contributed by atoms with Crippen LogP contribution in [0.25, 0.3) is 0 Å². The minimum Gasteiger partial charge on any atom is -0.459 e. The van der Waals surface area contributed by atoms with Gasteiger partial charge >= 0.3 is 24.0 Å². The molecule has 0 aliphatic rings. The molecule has 0 heterocycles. The van der Waals surface area contributed by atoms with Crippen molar-refractivity contribution in [3.05, 3.63) is 75.9 Å². The SMILES string of the molecule is C=CCOOCC(COOCC=C)(COOCC=C)OC(=O)NC/N=C/OOC(COC(=O)C=C)(COC(=O)C=C)COC(=O)C=C. The molecule has 0 aromatic rings. The van der Waals surface area contributed by atoms with E-state index in [0.717, 1.165) is 24.6 Å². The molecule has 0 rings (SSSR count). The Labute approximate surface area is 271 Å². The van der Waals surface area contributed by atoms with E-state index in [1.165, 1.54) is 18.2 Å². The summed E-state index contributed by atoms with van der Waals surface area (Å²) < 4.78 is 20.4. The summed E-state index contributed by atoms with van der Waals surface area (Å²) in [6.07, 6.45) is 6.54. The summed E-state index contributed by atoms with van der Waals surface area (Å²) in [7, 11) is 0. The number of hydrogen-bond donors (Lipinski definition) is 1. The zero-order valence-corrected chi connectivity index (χ0v) is 25.8. The van der Waals surface area contributed by atoms with Crippen LogP contribution in [-0.4, -0.2) is 108 Å². The van der Waals surface area contributed by atoms with E-state index in [1.807, 2.05) is 0 Å². The molecule has 0 radical (unpaired) electrons. The van der Waals surface area contributed by atoms with Crippen molar-refractivity contribution in [2.75, 3.05) is 66.1 Å². The Hall–Kier alpha value is -4.69. The van der Waals surface area contributed by atoms with Crippen LogP contribution in [-0.2, 0) is 72.4 Å². The fourth-order valence-electron chi connectivity index (χ4n) is 2.47. The van der Waals surface area contributed by atoms with Crippen LogP contribution in [0.4, 0.5) is 4.79 Å². The molecule has 0 aromatic carbocycles. The maximum Gasteiger partial charge on any atom is 0.409 e. The lowest BCUT2D eigenvalue weighted by molar-refractivity contribution is -0.370. The van der Waals surface area contributed by atoms with E-state index in [-0.39, 0.29) is 19.8 Å². The third kappa shape index (κ3) is 20.9. The van der Waals surface area contributed by atoms with E-state index in [1.54, 1.807) is 0 Å². The predicted octanol–water partition coefficient (Wildman–Crippen LogP) is 1.71. The number of carbonyl (C=O) groups is 4. The third-order valence-electron chi connectivity index (χ3n) is 4.67. The summed E-state index contributed by atoms with van der Waals surface area (Å²) >= 11 is 0. The molecule has 262 valence electrons. The average molecular weight is 673 g/mol. The first-order valence-corrected chi connectivity index (χ1v) is 13.4. The maximum absolute atomic E-state index is 12.7. The second-order valence-electron chi connectivity index (χ2n) is 8.50. The number of ether oxygens (including phenoxy) is 4. The lowest BCUT2D eigenvalue weighted by Gasteiger charge is -2.30. The molecule has 18 heteroatoms. The summed E-state index contributed by atoms with van der Waals surface area (Å²) in [6.45, 7) is 16.8. The Morgan fingerprint density at radius 2 is 0.979 bits per heavy atom. The summed E-state index contributed by atoms with van der Waals surface area (Å²) in [5.74, 6) is -2.62. The van der Waals surface area contributed by atoms with Crippen molar-refractivity contribution in [2.24, 2.45) is 4.99 Å². The first kappa shape index (κ1) is 42.3. The highest BCUT2D eigenvalue weighted by molar-refractivity contribution is 5.82. The van der Waals surface area contributed by atoms with Crippen molar-refractivity contribution in [2.45, 2.75) is 11.2 Å². The standard InChI is InChI=1S/C29H40N2O16/c1-7-13-39-42-19-28(20-43-40-14-8-2,21-44-41-15-9-3)46-27(35)31-22-30-23-45-47-29(16-36-24(32)10-4,17-37-25(33)11-5)18-38-26(34)12-6/h7-12,23H,1-6,13-22H2,(H,31,35)/b30-23+. The zero-order chi connectivity index (χ0) is 35.2. The lowest BCUT2D eigenvalue weighted by atomic mass is 10.1. The highest BCUT2D eigenvalue weighted by Crippen LogP contribution is 2.17. The number of amides is 1. The molecule has 0 unspecified atom stereocenters. The topological polar surface area (TPSA) is 203 Å². The van der Waals surface area contributed by atoms with Gasteiger partial charge in [0.2, 0.25) is 12.0 Å². The van der Waals surface area contributed by atoms with Gasteiger partial charge in [-0.05, 0) is 0 Å². The molecular weight excluding hydrogens is 632 g/mol. The first-order chi connectivity index (χ1) is 22.6. The van der Waals surface area contributed by atoms with Gasteiger partial charge in [0.25, 0.3) is 0 Å². The molecular formula is C29H40N2O16. The Bertz CT molecular complexity index is 960. The van der Waals surface area contributed by atoms with Crippen molar-refractivity contribution in [3.8, 4) is 0 Å². The summed E-state index contributed by atoms with van der Waals surface area (Å²) in [5.41, 5.74) is -3.56. The van der Waals surface area contributed by atoms with Crippen LogP contribution in [0.2, 0.25) is 0 Å². The van der Waals surface area contributed by atoms with E-state index >= 15 is 0 Å². The van der Waals surface area contributed by atoms with Gasteiger partial charge < -0.3 is 29.2 Å². The van der Waals surface area contributed by atoms with E-state index < -0.39 is 81.5 Å². The Kier molecular flexibility index (Phi) is 23.9. The van der Waals surface area contributed by atoms with Gasteiger partial charge in [-0.15, -0.1) is 19.7 Å². The van der Waals surface area contributed by atoms with Gasteiger partial charge in [-0.1, -0.05) is 38.0 Å². The van der Waals surface area contributed by atoms with Crippen molar-refractivity contribution >= 4 is 30.4 Å². The van der Waals surface area contributed by atoms with Gasteiger partial charge in [0.05, 0.1) is 0 Å². The third-order valence-corrected chi connectivity index (χ3v) is 4.67. The quantitative estimate of drug-likeness (QED) is 0.0133. The second kappa shape index (κ2) is 26.5. The molecule has 47 heavy (non-hydrogen) atoms. The average Bonchev–Trinajstić information content (AvgIpc) is 3.08. The van der Waals surface area contributed by atoms with Gasteiger partial charge in [0, 0.05) is 18.2 Å².